The molecule has 0 spiro atoms. The van der Waals surface area contributed by atoms with Gasteiger partial charge < -0.3 is 5.32 Å². The van der Waals surface area contributed by atoms with Crippen molar-refractivity contribution >= 4 is 41.9 Å². The summed E-state index contributed by atoms with van der Waals surface area (Å²) in [6.45, 7) is 8.36. The van der Waals surface area contributed by atoms with E-state index in [1.54, 1.807) is 12.1 Å². The highest BCUT2D eigenvalue weighted by Crippen LogP contribution is 2.19. The number of nitrogens with two attached hydrogens (primary N) is 1. The molecule has 0 saturated heterocycles. The molecule has 1 aromatic rings. The van der Waals surface area contributed by atoms with Crippen LogP contribution in [0, 0.1) is 0 Å². The Morgan fingerprint density at radius 2 is 1.60 bits per heavy atom. The zero-order chi connectivity index (χ0) is 23.1. The van der Waals surface area contributed by atoms with Crippen LogP contribution < -0.4 is 16.6 Å². The van der Waals surface area contributed by atoms with Gasteiger partial charge in [0.2, 0.25) is 5.91 Å². The molecule has 0 aromatic heterocycles. The molecular formula is C21H32N4O4S. The lowest BCUT2D eigenvalue weighted by molar-refractivity contribution is -0.136. The minimum Gasteiger partial charge on any atom is -0.326 e. The monoisotopic (exact) mass is 436 g/mol. The van der Waals surface area contributed by atoms with Crippen LogP contribution >= 0.6 is 12.6 Å². The molecule has 1 heterocycles. The number of hydrazine groups is 1. The Kier molecular flexibility index (Phi) is 13.9. The van der Waals surface area contributed by atoms with Crippen LogP contribution in [0.3, 0.4) is 0 Å². The van der Waals surface area contributed by atoms with E-state index in [4.69, 9.17) is 5.84 Å². The quantitative estimate of drug-likeness (QED) is 0.125. The minimum absolute atomic E-state index is 0.163. The third-order valence-electron chi connectivity index (χ3n) is 3.84. The normalized spacial score (nSPS) is 11.9. The molecule has 1 aromatic carbocycles. The van der Waals surface area contributed by atoms with Crippen molar-refractivity contribution in [2.75, 3.05) is 11.9 Å². The maximum atomic E-state index is 12.0. The number of carbonyl (C=O) groups excluding carboxylic acids is 4. The second-order valence-electron chi connectivity index (χ2n) is 5.73. The molecule has 0 radical (unpaired) electrons. The lowest BCUT2D eigenvalue weighted by Gasteiger charge is -2.13. The maximum absolute atomic E-state index is 12.0. The molecule has 166 valence electrons. The third kappa shape index (κ3) is 8.79. The number of unbranched alkanes of at least 4 members (excludes halogenated alkanes) is 2. The smallest absolute Gasteiger partial charge is 0.266 e. The maximum Gasteiger partial charge on any atom is 0.266 e. The summed E-state index contributed by atoms with van der Waals surface area (Å²) in [6.07, 6.45) is 4.83. The van der Waals surface area contributed by atoms with E-state index in [0.717, 1.165) is 6.42 Å². The fourth-order valence-corrected chi connectivity index (χ4v) is 2.80. The van der Waals surface area contributed by atoms with Crippen molar-refractivity contribution in [1.29, 1.82) is 0 Å². The van der Waals surface area contributed by atoms with Crippen molar-refractivity contribution in [3.8, 4) is 0 Å². The van der Waals surface area contributed by atoms with Crippen LogP contribution in [-0.2, 0) is 14.4 Å². The summed E-state index contributed by atoms with van der Waals surface area (Å²) in [6, 6.07) is 4.70. The van der Waals surface area contributed by atoms with Crippen molar-refractivity contribution in [3.63, 3.8) is 0 Å². The average Bonchev–Trinajstić information content (AvgIpc) is 3.08. The third-order valence-corrected chi connectivity index (χ3v) is 4.21. The SMILES string of the molecule is CC.CC.NNC(=O)c1ccc(NC(=O)CCCCCN2C(=O)C=CC2=O)cc1S. The first-order valence-corrected chi connectivity index (χ1v) is 10.5. The number of thiol groups is 1. The molecule has 1 aliphatic rings. The van der Waals surface area contributed by atoms with E-state index in [9.17, 15) is 19.2 Å². The topological polar surface area (TPSA) is 122 Å². The van der Waals surface area contributed by atoms with Crippen LogP contribution in [0.15, 0.2) is 35.2 Å². The van der Waals surface area contributed by atoms with Gasteiger partial charge in [-0.1, -0.05) is 34.1 Å². The molecule has 0 unspecified atom stereocenters. The van der Waals surface area contributed by atoms with Crippen molar-refractivity contribution in [1.82, 2.24) is 10.3 Å². The van der Waals surface area contributed by atoms with Gasteiger partial charge in [-0.05, 0) is 31.0 Å². The van der Waals surface area contributed by atoms with Gasteiger partial charge in [-0.3, -0.25) is 29.5 Å². The summed E-state index contributed by atoms with van der Waals surface area (Å²) < 4.78 is 0. The Balaban J connectivity index is 0.00000198. The summed E-state index contributed by atoms with van der Waals surface area (Å²) in [7, 11) is 0. The number of hydrogen-bond donors (Lipinski definition) is 4. The number of rotatable bonds is 8. The van der Waals surface area contributed by atoms with Gasteiger partial charge in [0.1, 0.15) is 0 Å². The Bertz CT molecular complexity index is 747. The van der Waals surface area contributed by atoms with Gasteiger partial charge in [-0.25, -0.2) is 5.84 Å². The van der Waals surface area contributed by atoms with Crippen LogP contribution in [0.4, 0.5) is 5.69 Å². The van der Waals surface area contributed by atoms with Crippen LogP contribution in [0.2, 0.25) is 0 Å². The molecule has 0 bridgehead atoms. The highest BCUT2D eigenvalue weighted by atomic mass is 32.1. The van der Waals surface area contributed by atoms with E-state index in [1.165, 1.54) is 23.1 Å². The Morgan fingerprint density at radius 3 is 2.13 bits per heavy atom. The first kappa shape index (κ1) is 27.4. The number of imide groups is 1. The second kappa shape index (κ2) is 15.2. The molecule has 30 heavy (non-hydrogen) atoms. The highest BCUT2D eigenvalue weighted by Gasteiger charge is 2.22. The molecule has 2 rings (SSSR count). The number of nitrogens with one attached hydrogen (secondary N) is 2. The fourth-order valence-electron chi connectivity index (χ4n) is 2.49. The molecular weight excluding hydrogens is 404 g/mol. The first-order valence-electron chi connectivity index (χ1n) is 10.1. The number of carbonyl (C=O) groups is 4. The molecule has 0 saturated carbocycles. The minimum atomic E-state index is -0.460. The van der Waals surface area contributed by atoms with Gasteiger partial charge in [0.05, 0.1) is 5.56 Å². The van der Waals surface area contributed by atoms with Crippen molar-refractivity contribution in [2.45, 2.75) is 58.3 Å². The van der Waals surface area contributed by atoms with Gasteiger partial charge >= 0.3 is 0 Å². The molecule has 4 N–H and O–H groups in total. The fraction of sp³-hybridized carbons (Fsp3) is 0.429. The summed E-state index contributed by atoms with van der Waals surface area (Å²) >= 11 is 4.21. The molecule has 9 heteroatoms. The largest absolute Gasteiger partial charge is 0.326 e. The molecule has 0 atom stereocenters. The van der Waals surface area contributed by atoms with E-state index < -0.39 is 5.91 Å². The Labute approximate surface area is 183 Å². The summed E-state index contributed by atoms with van der Waals surface area (Å²) in [4.78, 5) is 47.8. The zero-order valence-corrected chi connectivity index (χ0v) is 18.9. The van der Waals surface area contributed by atoms with E-state index in [1.807, 2.05) is 33.1 Å². The van der Waals surface area contributed by atoms with Gasteiger partial charge in [0, 0.05) is 35.7 Å². The number of amides is 4. The Morgan fingerprint density at radius 1 is 1.00 bits per heavy atom. The molecule has 0 aliphatic carbocycles. The zero-order valence-electron chi connectivity index (χ0n) is 18.0. The van der Waals surface area contributed by atoms with Gasteiger partial charge in [-0.15, -0.1) is 12.6 Å². The lowest BCUT2D eigenvalue weighted by atomic mass is 10.1. The molecule has 0 fully saturated rings. The second-order valence-corrected chi connectivity index (χ2v) is 6.21. The van der Waals surface area contributed by atoms with Crippen molar-refractivity contribution < 1.29 is 19.2 Å². The number of anilines is 1. The predicted molar refractivity (Wildman–Crippen MR) is 121 cm³/mol. The summed E-state index contributed by atoms with van der Waals surface area (Å²) in [5.41, 5.74) is 2.87. The van der Waals surface area contributed by atoms with Crippen molar-refractivity contribution in [3.05, 3.63) is 35.9 Å². The number of nitrogens with zero attached hydrogens (tertiary/aromatic N) is 1. The first-order chi connectivity index (χ1) is 14.4. The summed E-state index contributed by atoms with van der Waals surface area (Å²) in [5, 5.41) is 2.73. The van der Waals surface area contributed by atoms with Gasteiger partial charge in [0.15, 0.2) is 0 Å². The van der Waals surface area contributed by atoms with Crippen LogP contribution in [0.25, 0.3) is 0 Å². The average molecular weight is 437 g/mol. The molecule has 1 aliphatic heterocycles. The van der Waals surface area contributed by atoms with Crippen LogP contribution in [0.5, 0.6) is 0 Å². The summed E-state index contributed by atoms with van der Waals surface area (Å²) in [5.74, 6) is 3.88. The van der Waals surface area contributed by atoms with E-state index >= 15 is 0 Å². The van der Waals surface area contributed by atoms with E-state index in [2.05, 4.69) is 17.9 Å². The van der Waals surface area contributed by atoms with Crippen LogP contribution in [0.1, 0.15) is 63.7 Å². The Hall–Kier alpha value is -2.65. The number of benzene rings is 1. The van der Waals surface area contributed by atoms with Crippen LogP contribution in [-0.4, -0.2) is 35.1 Å². The van der Waals surface area contributed by atoms with Gasteiger partial charge in [0.25, 0.3) is 17.7 Å². The highest BCUT2D eigenvalue weighted by molar-refractivity contribution is 7.80. The molecule has 8 nitrogen and oxygen atoms in total. The number of hydrogen-bond acceptors (Lipinski definition) is 6. The van der Waals surface area contributed by atoms with E-state index in [0.29, 0.717) is 42.0 Å². The standard InChI is InChI=1S/C17H20N4O4S.2C2H6/c18-20-17(25)12-6-5-11(10-13(12)26)19-14(22)4-2-1-3-9-21-15(23)7-8-16(21)24;2*1-2/h5-8,10,26H,1-4,9,18H2,(H,19,22)(H,20,25);2*1-2H3. The predicted octanol–water partition coefficient (Wildman–Crippen LogP) is 3.06. The van der Waals surface area contributed by atoms with Gasteiger partial charge in [-0.2, -0.15) is 0 Å². The van der Waals surface area contributed by atoms with E-state index in [-0.39, 0.29) is 17.7 Å². The lowest BCUT2D eigenvalue weighted by Crippen LogP contribution is -2.30. The van der Waals surface area contributed by atoms with Crippen molar-refractivity contribution in [2.24, 2.45) is 5.84 Å². The number of nitrogen functional groups attached to an aromatic ring is 1. The molecule has 4 amide bonds.